The molecule has 3 unspecified atom stereocenters. The monoisotopic (exact) mass is 421 g/mol. The van der Waals surface area contributed by atoms with Crippen LogP contribution in [-0.2, 0) is 14.1 Å². The predicted molar refractivity (Wildman–Crippen MR) is 127 cm³/mol. The molecule has 166 valence electrons. The first-order chi connectivity index (χ1) is 13.4. The summed E-state index contributed by atoms with van der Waals surface area (Å²) in [5.41, 5.74) is 0. The van der Waals surface area contributed by atoms with Crippen molar-refractivity contribution in [3.05, 3.63) is 48.6 Å². The molecule has 3 atom stereocenters. The SMILES string of the molecule is CC=CC=CCC(C)C(O[Si](C)(C)C(C)(C)C)C(C)C=CC=CC(=O)N(C)OC. The summed E-state index contributed by atoms with van der Waals surface area (Å²) in [7, 11) is 1.16. The van der Waals surface area contributed by atoms with E-state index >= 15 is 0 Å². The van der Waals surface area contributed by atoms with E-state index in [4.69, 9.17) is 9.26 Å². The van der Waals surface area contributed by atoms with E-state index in [0.29, 0.717) is 5.92 Å². The van der Waals surface area contributed by atoms with E-state index in [1.165, 1.54) is 18.2 Å². The molecule has 0 fully saturated rings. The van der Waals surface area contributed by atoms with Gasteiger partial charge in [-0.05, 0) is 43.3 Å². The molecule has 0 heterocycles. The second-order valence-electron chi connectivity index (χ2n) is 9.13. The summed E-state index contributed by atoms with van der Waals surface area (Å²) in [6, 6.07) is 0. The van der Waals surface area contributed by atoms with Gasteiger partial charge in [0, 0.05) is 13.1 Å². The molecule has 0 N–H and O–H groups in total. The quantitative estimate of drug-likeness (QED) is 0.170. The Balaban J connectivity index is 5.37. The first kappa shape index (κ1) is 27.6. The maximum absolute atomic E-state index is 11.8. The molecule has 29 heavy (non-hydrogen) atoms. The zero-order chi connectivity index (χ0) is 22.7. The van der Waals surface area contributed by atoms with Gasteiger partial charge in [0.1, 0.15) is 0 Å². The predicted octanol–water partition coefficient (Wildman–Crippen LogP) is 6.30. The Bertz CT molecular complexity index is 600. The second kappa shape index (κ2) is 13.0. The third-order valence-electron chi connectivity index (χ3n) is 5.61. The van der Waals surface area contributed by atoms with E-state index in [0.717, 1.165) is 6.42 Å². The number of hydrogen-bond acceptors (Lipinski definition) is 3. The molecule has 0 saturated carbocycles. The summed E-state index contributed by atoms with van der Waals surface area (Å²) in [4.78, 5) is 16.7. The molecular weight excluding hydrogens is 378 g/mol. The minimum atomic E-state index is -1.90. The Kier molecular flexibility index (Phi) is 12.3. The van der Waals surface area contributed by atoms with E-state index in [1.807, 2.05) is 19.1 Å². The maximum atomic E-state index is 11.8. The lowest BCUT2D eigenvalue weighted by atomic mass is 9.90. The highest BCUT2D eigenvalue weighted by Crippen LogP contribution is 2.39. The molecule has 1 amide bonds. The summed E-state index contributed by atoms with van der Waals surface area (Å²) in [5, 5.41) is 1.35. The molecule has 0 aromatic rings. The van der Waals surface area contributed by atoms with Crippen molar-refractivity contribution in [2.24, 2.45) is 11.8 Å². The molecule has 0 radical (unpaired) electrons. The first-order valence-electron chi connectivity index (χ1n) is 10.5. The van der Waals surface area contributed by atoms with Crippen LogP contribution < -0.4 is 0 Å². The van der Waals surface area contributed by atoms with Gasteiger partial charge < -0.3 is 4.43 Å². The number of carbonyl (C=O) groups is 1. The van der Waals surface area contributed by atoms with Crippen molar-refractivity contribution in [1.82, 2.24) is 5.06 Å². The highest BCUT2D eigenvalue weighted by Gasteiger charge is 2.40. The van der Waals surface area contributed by atoms with Crippen LogP contribution in [-0.4, -0.2) is 39.5 Å². The van der Waals surface area contributed by atoms with Gasteiger partial charge in [-0.15, -0.1) is 0 Å². The highest BCUT2D eigenvalue weighted by molar-refractivity contribution is 6.74. The van der Waals surface area contributed by atoms with Crippen molar-refractivity contribution in [3.8, 4) is 0 Å². The van der Waals surface area contributed by atoms with Crippen LogP contribution in [0.1, 0.15) is 48.0 Å². The van der Waals surface area contributed by atoms with Gasteiger partial charge in [0.15, 0.2) is 8.32 Å². The Morgan fingerprint density at radius 2 is 1.72 bits per heavy atom. The first-order valence-corrected chi connectivity index (χ1v) is 13.4. The van der Waals surface area contributed by atoms with Crippen LogP contribution in [0, 0.1) is 11.8 Å². The van der Waals surface area contributed by atoms with E-state index in [-0.39, 0.29) is 23.0 Å². The summed E-state index contributed by atoms with van der Waals surface area (Å²) in [5.74, 6) is 0.422. The fourth-order valence-electron chi connectivity index (χ4n) is 2.56. The van der Waals surface area contributed by atoms with Crippen molar-refractivity contribution in [2.45, 2.75) is 72.2 Å². The molecule has 0 bridgehead atoms. The average Bonchev–Trinajstić information content (AvgIpc) is 2.64. The third kappa shape index (κ3) is 10.2. The van der Waals surface area contributed by atoms with E-state index in [2.05, 4.69) is 72.0 Å². The van der Waals surface area contributed by atoms with Crippen molar-refractivity contribution >= 4 is 14.2 Å². The van der Waals surface area contributed by atoms with Crippen molar-refractivity contribution < 1.29 is 14.1 Å². The fraction of sp³-hybridized carbons (Fsp3) is 0.625. The molecule has 0 aromatic carbocycles. The Labute approximate surface area is 180 Å². The van der Waals surface area contributed by atoms with E-state index in [9.17, 15) is 4.79 Å². The van der Waals surface area contributed by atoms with Crippen LogP contribution in [0.2, 0.25) is 18.1 Å². The number of hydrogen-bond donors (Lipinski definition) is 0. The lowest BCUT2D eigenvalue weighted by Crippen LogP contribution is -2.47. The topological polar surface area (TPSA) is 38.8 Å². The standard InChI is InChI=1S/C24H43NO3Si/c1-11-12-13-14-17-20(2)23(28-29(9,10)24(4,5)6)21(3)18-15-16-19-22(26)25(7)27-8/h11-16,18-21,23H,17H2,1-10H3. The fourth-order valence-corrected chi connectivity index (χ4v) is 4.04. The van der Waals surface area contributed by atoms with Crippen LogP contribution in [0.15, 0.2) is 48.6 Å². The largest absolute Gasteiger partial charge is 0.413 e. The molecule has 0 aliphatic rings. The number of likely N-dealkylation sites (N-methyl/N-ethyl adjacent to an activating group) is 1. The number of hydroxylamine groups is 2. The van der Waals surface area contributed by atoms with Gasteiger partial charge in [0.05, 0.1) is 13.2 Å². The smallest absolute Gasteiger partial charge is 0.269 e. The zero-order valence-electron chi connectivity index (χ0n) is 20.2. The van der Waals surface area contributed by atoms with Crippen LogP contribution in [0.25, 0.3) is 0 Å². The van der Waals surface area contributed by atoms with Gasteiger partial charge in [-0.3, -0.25) is 9.63 Å². The van der Waals surface area contributed by atoms with E-state index < -0.39 is 8.32 Å². The summed E-state index contributed by atoms with van der Waals surface area (Å²) < 4.78 is 6.83. The van der Waals surface area contributed by atoms with E-state index in [1.54, 1.807) is 13.1 Å². The molecular formula is C24H43NO3Si. The second-order valence-corrected chi connectivity index (χ2v) is 13.9. The summed E-state index contributed by atoms with van der Waals surface area (Å²) in [6.07, 6.45) is 16.8. The normalized spacial score (nSPS) is 16.9. The molecule has 0 aromatic heterocycles. The summed E-state index contributed by atoms with van der Waals surface area (Å²) in [6.45, 7) is 17.9. The van der Waals surface area contributed by atoms with Gasteiger partial charge >= 0.3 is 0 Å². The maximum Gasteiger partial charge on any atom is 0.269 e. The van der Waals surface area contributed by atoms with Gasteiger partial charge in [-0.2, -0.15) is 0 Å². The minimum absolute atomic E-state index is 0.119. The van der Waals surface area contributed by atoms with Crippen molar-refractivity contribution in [3.63, 3.8) is 0 Å². The molecule has 0 spiro atoms. The number of amides is 1. The molecule has 4 nitrogen and oxygen atoms in total. The van der Waals surface area contributed by atoms with Crippen LogP contribution in [0.4, 0.5) is 0 Å². The molecule has 0 aliphatic heterocycles. The van der Waals surface area contributed by atoms with Gasteiger partial charge in [-0.1, -0.05) is 77.2 Å². The number of carbonyl (C=O) groups excluding carboxylic acids is 1. The average molecular weight is 422 g/mol. The lowest BCUT2D eigenvalue weighted by molar-refractivity contribution is -0.162. The molecule has 0 aliphatic carbocycles. The highest BCUT2D eigenvalue weighted by atomic mass is 28.4. The number of allylic oxidation sites excluding steroid dienone is 6. The van der Waals surface area contributed by atoms with Crippen molar-refractivity contribution in [2.75, 3.05) is 14.2 Å². The number of rotatable bonds is 11. The minimum Gasteiger partial charge on any atom is -0.413 e. The molecule has 0 saturated heterocycles. The van der Waals surface area contributed by atoms with Gasteiger partial charge in [0.2, 0.25) is 0 Å². The van der Waals surface area contributed by atoms with Gasteiger partial charge in [-0.25, -0.2) is 5.06 Å². The van der Waals surface area contributed by atoms with Crippen LogP contribution in [0.5, 0.6) is 0 Å². The number of nitrogens with zero attached hydrogens (tertiary/aromatic N) is 1. The van der Waals surface area contributed by atoms with Gasteiger partial charge in [0.25, 0.3) is 5.91 Å². The molecule has 0 rings (SSSR count). The molecule has 5 heteroatoms. The summed E-state index contributed by atoms with van der Waals surface area (Å²) >= 11 is 0. The Morgan fingerprint density at radius 1 is 1.10 bits per heavy atom. The van der Waals surface area contributed by atoms with Crippen LogP contribution in [0.3, 0.4) is 0 Å². The van der Waals surface area contributed by atoms with Crippen molar-refractivity contribution in [1.29, 1.82) is 0 Å². The third-order valence-corrected chi connectivity index (χ3v) is 10.1. The van der Waals surface area contributed by atoms with Crippen LogP contribution >= 0.6 is 0 Å². The Morgan fingerprint density at radius 3 is 2.24 bits per heavy atom. The lowest BCUT2D eigenvalue weighted by Gasteiger charge is -2.42. The zero-order valence-corrected chi connectivity index (χ0v) is 21.2. The Hall–Kier alpha value is -1.43.